The fourth-order valence-corrected chi connectivity index (χ4v) is 1.70. The Bertz CT molecular complexity index is 446. The molecule has 0 saturated heterocycles. The number of imide groups is 1. The Kier molecular flexibility index (Phi) is 8.74. The summed E-state index contributed by atoms with van der Waals surface area (Å²) in [4.78, 5) is 34.9. The minimum absolute atomic E-state index is 0.0399. The smallest absolute Gasteiger partial charge is 0.407 e. The lowest BCUT2D eigenvalue weighted by atomic mass is 9.88. The zero-order valence-electron chi connectivity index (χ0n) is 15.8. The van der Waals surface area contributed by atoms with Gasteiger partial charge in [-0.3, -0.25) is 10.1 Å². The molecule has 0 fully saturated rings. The van der Waals surface area contributed by atoms with Crippen molar-refractivity contribution in [3.63, 3.8) is 0 Å². The highest BCUT2D eigenvalue weighted by Gasteiger charge is 2.30. The Balaban J connectivity index is 4.53. The fraction of sp³-hybridized carbons (Fsp3) is 0.812. The highest BCUT2D eigenvalue weighted by Crippen LogP contribution is 2.15. The van der Waals surface area contributed by atoms with E-state index in [2.05, 4.69) is 21.3 Å². The van der Waals surface area contributed by atoms with Gasteiger partial charge in [0, 0.05) is 18.6 Å². The molecule has 4 N–H and O–H groups in total. The zero-order chi connectivity index (χ0) is 19.0. The van der Waals surface area contributed by atoms with Gasteiger partial charge in [-0.25, -0.2) is 9.59 Å². The number of carbonyl (C=O) groups excluding carboxylic acids is 3. The Morgan fingerprint density at radius 3 is 2.08 bits per heavy atom. The number of hydrogen-bond donors (Lipinski definition) is 4. The van der Waals surface area contributed by atoms with Crippen molar-refractivity contribution in [1.82, 2.24) is 21.3 Å². The Hall–Kier alpha value is -1.83. The van der Waals surface area contributed by atoms with Gasteiger partial charge in [-0.05, 0) is 40.5 Å². The molecule has 0 saturated carbocycles. The third-order valence-corrected chi connectivity index (χ3v) is 3.52. The largest absolute Gasteiger partial charge is 0.444 e. The molecule has 8 heteroatoms. The summed E-state index contributed by atoms with van der Waals surface area (Å²) in [5, 5.41) is 10.5. The molecule has 140 valence electrons. The molecule has 0 aromatic rings. The number of urea groups is 1. The van der Waals surface area contributed by atoms with Crippen LogP contribution >= 0.6 is 0 Å². The van der Waals surface area contributed by atoms with Gasteiger partial charge < -0.3 is 20.7 Å². The summed E-state index contributed by atoms with van der Waals surface area (Å²) in [5.41, 5.74) is -1.10. The van der Waals surface area contributed by atoms with Crippen molar-refractivity contribution < 1.29 is 19.1 Å². The van der Waals surface area contributed by atoms with Crippen LogP contribution in [-0.2, 0) is 9.53 Å². The minimum Gasteiger partial charge on any atom is -0.444 e. The van der Waals surface area contributed by atoms with E-state index < -0.39 is 29.2 Å². The van der Waals surface area contributed by atoms with Crippen molar-refractivity contribution in [2.24, 2.45) is 5.92 Å². The second-order valence-electron chi connectivity index (χ2n) is 7.19. The summed E-state index contributed by atoms with van der Waals surface area (Å²) in [6.45, 7) is 13.7. The first-order valence-electron chi connectivity index (χ1n) is 8.19. The molecular formula is C16H32N4O4. The maximum Gasteiger partial charge on any atom is 0.407 e. The summed E-state index contributed by atoms with van der Waals surface area (Å²) < 4.78 is 5.21. The van der Waals surface area contributed by atoms with Crippen LogP contribution in [0.25, 0.3) is 0 Å². The van der Waals surface area contributed by atoms with Gasteiger partial charge in [0.15, 0.2) is 0 Å². The maximum absolute atomic E-state index is 11.8. The van der Waals surface area contributed by atoms with Gasteiger partial charge in [0.25, 0.3) is 0 Å². The van der Waals surface area contributed by atoms with Gasteiger partial charge in [0.05, 0.1) is 6.54 Å². The lowest BCUT2D eigenvalue weighted by Crippen LogP contribution is -2.57. The molecule has 0 aromatic carbocycles. The Morgan fingerprint density at radius 1 is 1.04 bits per heavy atom. The molecule has 1 atom stereocenters. The number of carbonyl (C=O) groups is 3. The third kappa shape index (κ3) is 9.34. The van der Waals surface area contributed by atoms with Crippen molar-refractivity contribution in [3.8, 4) is 0 Å². The number of ether oxygens (including phenoxy) is 1. The molecule has 1 unspecified atom stereocenters. The molecule has 8 nitrogen and oxygen atoms in total. The number of hydrogen-bond acceptors (Lipinski definition) is 5. The van der Waals surface area contributed by atoms with Crippen molar-refractivity contribution in [3.05, 3.63) is 0 Å². The van der Waals surface area contributed by atoms with E-state index in [1.807, 2.05) is 20.8 Å². The molecule has 0 heterocycles. The maximum atomic E-state index is 11.8. The molecule has 0 aromatic heterocycles. The molecule has 0 aliphatic rings. The van der Waals surface area contributed by atoms with Gasteiger partial charge >= 0.3 is 12.1 Å². The predicted molar refractivity (Wildman–Crippen MR) is 92.7 cm³/mol. The van der Waals surface area contributed by atoms with Gasteiger partial charge in [0.2, 0.25) is 5.91 Å². The molecule has 4 amide bonds. The number of alkyl carbamates (subject to hydrolysis) is 1. The van der Waals surface area contributed by atoms with Crippen LogP contribution in [0.15, 0.2) is 0 Å². The summed E-state index contributed by atoms with van der Waals surface area (Å²) in [5.74, 6) is -0.310. The molecule has 0 rings (SSSR count). The van der Waals surface area contributed by atoms with Gasteiger partial charge in [-0.15, -0.1) is 0 Å². The van der Waals surface area contributed by atoms with E-state index in [1.54, 1.807) is 27.7 Å². The molecular weight excluding hydrogens is 312 g/mol. The Morgan fingerprint density at radius 2 is 1.62 bits per heavy atom. The minimum atomic E-state index is -0.571. The van der Waals surface area contributed by atoms with Crippen molar-refractivity contribution >= 4 is 18.0 Å². The second kappa shape index (κ2) is 9.46. The molecule has 24 heavy (non-hydrogen) atoms. The van der Waals surface area contributed by atoms with Crippen LogP contribution in [0.5, 0.6) is 0 Å². The van der Waals surface area contributed by atoms with E-state index in [0.717, 1.165) is 0 Å². The molecule has 0 bridgehead atoms. The first-order chi connectivity index (χ1) is 10.9. The summed E-state index contributed by atoms with van der Waals surface area (Å²) in [6, 6.07) is -0.526. The average molecular weight is 344 g/mol. The Labute approximate surface area is 144 Å². The first-order valence-corrected chi connectivity index (χ1v) is 8.19. The quantitative estimate of drug-likeness (QED) is 0.558. The van der Waals surface area contributed by atoms with E-state index in [-0.39, 0.29) is 19.0 Å². The van der Waals surface area contributed by atoms with Crippen LogP contribution in [0.4, 0.5) is 9.59 Å². The SMILES string of the molecule is CCNC(=O)NC(=O)CNC(C)(CNC(=O)OC(C)(C)C)C(C)C. The van der Waals surface area contributed by atoms with E-state index in [0.29, 0.717) is 6.54 Å². The van der Waals surface area contributed by atoms with Gasteiger partial charge in [-0.2, -0.15) is 0 Å². The average Bonchev–Trinajstić information content (AvgIpc) is 2.41. The highest BCUT2D eigenvalue weighted by molar-refractivity contribution is 5.95. The van der Waals surface area contributed by atoms with Gasteiger partial charge in [0.1, 0.15) is 5.60 Å². The number of nitrogens with one attached hydrogen (secondary N) is 4. The molecule has 0 radical (unpaired) electrons. The number of amides is 4. The number of rotatable bonds is 7. The van der Waals surface area contributed by atoms with Crippen LogP contribution in [0.2, 0.25) is 0 Å². The lowest BCUT2D eigenvalue weighted by Gasteiger charge is -2.35. The summed E-state index contributed by atoms with van der Waals surface area (Å²) in [7, 11) is 0. The second-order valence-corrected chi connectivity index (χ2v) is 7.19. The monoisotopic (exact) mass is 344 g/mol. The first kappa shape index (κ1) is 22.2. The molecule has 0 aliphatic heterocycles. The van der Waals surface area contributed by atoms with E-state index >= 15 is 0 Å². The summed E-state index contributed by atoms with van der Waals surface area (Å²) in [6.07, 6.45) is -0.511. The fourth-order valence-electron chi connectivity index (χ4n) is 1.70. The van der Waals surface area contributed by atoms with Crippen LogP contribution < -0.4 is 21.3 Å². The van der Waals surface area contributed by atoms with E-state index in [9.17, 15) is 14.4 Å². The highest BCUT2D eigenvalue weighted by atomic mass is 16.6. The molecule has 0 aliphatic carbocycles. The van der Waals surface area contributed by atoms with Crippen molar-refractivity contribution in [2.75, 3.05) is 19.6 Å². The van der Waals surface area contributed by atoms with Crippen molar-refractivity contribution in [2.45, 2.75) is 59.6 Å². The molecule has 0 spiro atoms. The van der Waals surface area contributed by atoms with Crippen LogP contribution in [0, 0.1) is 5.92 Å². The van der Waals surface area contributed by atoms with Gasteiger partial charge in [-0.1, -0.05) is 13.8 Å². The standard InChI is InChI=1S/C16H32N4O4/c1-8-17-13(22)20-12(21)9-19-16(7,11(2)3)10-18-14(23)24-15(4,5)6/h11,19H,8-10H2,1-7H3,(H,18,23)(H2,17,20,21,22). The summed E-state index contributed by atoms with van der Waals surface area (Å²) >= 11 is 0. The lowest BCUT2D eigenvalue weighted by molar-refractivity contribution is -0.119. The van der Waals surface area contributed by atoms with Crippen LogP contribution in [-0.4, -0.2) is 48.8 Å². The van der Waals surface area contributed by atoms with E-state index in [1.165, 1.54) is 0 Å². The van der Waals surface area contributed by atoms with Crippen LogP contribution in [0.1, 0.15) is 48.5 Å². The zero-order valence-corrected chi connectivity index (χ0v) is 15.8. The van der Waals surface area contributed by atoms with E-state index in [4.69, 9.17) is 4.74 Å². The van der Waals surface area contributed by atoms with Crippen LogP contribution in [0.3, 0.4) is 0 Å². The van der Waals surface area contributed by atoms with Crippen molar-refractivity contribution in [1.29, 1.82) is 0 Å². The third-order valence-electron chi connectivity index (χ3n) is 3.52. The predicted octanol–water partition coefficient (Wildman–Crippen LogP) is 1.36. The topological polar surface area (TPSA) is 109 Å². The normalized spacial score (nSPS) is 13.8.